The van der Waals surface area contributed by atoms with Crippen LogP contribution in [0.4, 0.5) is 0 Å². The predicted molar refractivity (Wildman–Crippen MR) is 75.5 cm³/mol. The van der Waals surface area contributed by atoms with Crippen molar-refractivity contribution in [3.8, 4) is 24.2 Å². The molecule has 2 aromatic rings. The second-order valence-corrected chi connectivity index (χ2v) is 4.28. The summed E-state index contributed by atoms with van der Waals surface area (Å²) in [4.78, 5) is 22.2. The molecule has 6 heteroatoms. The van der Waals surface area contributed by atoms with Gasteiger partial charge in [-0.2, -0.15) is 0 Å². The third kappa shape index (κ3) is 6.25. The Morgan fingerprint density at radius 1 is 0.833 bits per heavy atom. The van der Waals surface area contributed by atoms with Crippen molar-refractivity contribution in [2.75, 3.05) is 0 Å². The van der Waals surface area contributed by atoms with Crippen molar-refractivity contribution in [1.82, 2.24) is 0 Å². The average Bonchev–Trinajstić information content (AvgIpc) is 2.52. The topological polar surface area (TPSA) is 80.3 Å². The van der Waals surface area contributed by atoms with Gasteiger partial charge in [0.25, 0.3) is 0 Å². The van der Waals surface area contributed by atoms with Crippen LogP contribution in [0.1, 0.15) is 37.4 Å². The molecular weight excluding hydrogens is 358 g/mol. The quantitative estimate of drug-likeness (QED) is 0.391. The number of hydrogen-bond acceptors (Lipinski definition) is 4. The monoisotopic (exact) mass is 366 g/mol. The molecule has 0 aliphatic carbocycles. The van der Waals surface area contributed by atoms with Crippen molar-refractivity contribution >= 4 is 11.9 Å². The van der Waals surface area contributed by atoms with Crippen molar-refractivity contribution in [3.05, 3.63) is 70.3 Å². The van der Waals surface area contributed by atoms with Crippen LogP contribution in [0, 0.1) is 24.2 Å². The van der Waals surface area contributed by atoms with Crippen molar-refractivity contribution in [3.63, 3.8) is 0 Å². The number of rotatable bonds is 2. The van der Waals surface area contributed by atoms with Crippen molar-refractivity contribution in [2.24, 2.45) is 0 Å². The molecule has 0 atom stereocenters. The molecule has 0 bridgehead atoms. The first-order chi connectivity index (χ1) is 10.5. The third-order valence-electron chi connectivity index (χ3n) is 2.85. The molecule has 0 heterocycles. The fourth-order valence-corrected chi connectivity index (χ4v) is 1.86. The predicted octanol–water partition coefficient (Wildman–Crippen LogP) is -6.20. The molecule has 4 nitrogen and oxygen atoms in total. The van der Waals surface area contributed by atoms with Crippen molar-refractivity contribution in [2.45, 2.75) is 0 Å². The fourth-order valence-electron chi connectivity index (χ4n) is 1.86. The van der Waals surface area contributed by atoms with Crippen LogP contribution >= 0.6 is 0 Å². The molecule has 0 unspecified atom stereocenters. The maximum absolute atomic E-state index is 11.1. The van der Waals surface area contributed by atoms with Gasteiger partial charge in [-0.05, 0) is 24.3 Å². The van der Waals surface area contributed by atoms with E-state index in [1.807, 2.05) is 12.0 Å². The van der Waals surface area contributed by atoms with Gasteiger partial charge in [0.2, 0.25) is 0 Å². The summed E-state index contributed by atoms with van der Waals surface area (Å²) in [6.07, 6.45) is 5.17. The number of carboxylic acids is 2. The van der Waals surface area contributed by atoms with Gasteiger partial charge in [0.1, 0.15) is 0 Å². The van der Waals surface area contributed by atoms with Crippen LogP contribution in [-0.4, -0.2) is 11.9 Å². The molecule has 0 saturated heterocycles. The van der Waals surface area contributed by atoms with Crippen LogP contribution < -0.4 is 113 Å². The van der Waals surface area contributed by atoms with E-state index in [2.05, 4.69) is 11.8 Å². The van der Waals surface area contributed by atoms with Gasteiger partial charge in [0.05, 0.1) is 11.9 Å². The molecule has 0 spiro atoms. The molecule has 24 heavy (non-hydrogen) atoms. The summed E-state index contributed by atoms with van der Waals surface area (Å²) in [6, 6.07) is 11.3. The standard InChI is InChI=1S/C18H10O4.2K/c1-2-14-15(17(19)20)10-13(11-16(14)18(21)22)9-8-12-6-4-3-5-7-12;;/h1,3-7,10-11H,(H,19,20)(H,21,22);;/q;2*+1/p-2. The summed E-state index contributed by atoms with van der Waals surface area (Å²) in [7, 11) is 0. The Morgan fingerprint density at radius 2 is 1.29 bits per heavy atom. The molecule has 0 aromatic heterocycles. The van der Waals surface area contributed by atoms with E-state index in [1.165, 1.54) is 12.1 Å². The minimum absolute atomic E-state index is 0. The second-order valence-electron chi connectivity index (χ2n) is 4.28. The largest absolute Gasteiger partial charge is 1.00 e. The smallest absolute Gasteiger partial charge is 0.545 e. The summed E-state index contributed by atoms with van der Waals surface area (Å²) in [5, 5.41) is 22.2. The Morgan fingerprint density at radius 3 is 1.71 bits per heavy atom. The Balaban J connectivity index is 0.00000264. The molecule has 0 fully saturated rings. The van der Waals surface area contributed by atoms with Crippen LogP contribution in [0.2, 0.25) is 0 Å². The maximum atomic E-state index is 11.1. The number of carbonyl (C=O) groups is 2. The zero-order valence-corrected chi connectivity index (χ0v) is 19.5. The van der Waals surface area contributed by atoms with E-state index in [9.17, 15) is 19.8 Å². The number of terminal acetylenes is 1. The molecular formula is C18H8K2O4. The summed E-state index contributed by atoms with van der Waals surface area (Å²) in [5.41, 5.74) is -0.192. The Hall–Kier alpha value is -0.227. The number of carbonyl (C=O) groups excluding carboxylic acids is 2. The van der Waals surface area contributed by atoms with Gasteiger partial charge in [-0.1, -0.05) is 36.0 Å². The normalized spacial score (nSPS) is 8.46. The molecule has 2 aromatic carbocycles. The van der Waals surface area contributed by atoms with Gasteiger partial charge in [0.15, 0.2) is 0 Å². The maximum Gasteiger partial charge on any atom is 1.00 e. The van der Waals surface area contributed by atoms with Crippen LogP contribution in [0.25, 0.3) is 0 Å². The van der Waals surface area contributed by atoms with E-state index < -0.39 is 23.1 Å². The average molecular weight is 366 g/mol. The van der Waals surface area contributed by atoms with Crippen molar-refractivity contribution < 1.29 is 123 Å². The zero-order valence-electron chi connectivity index (χ0n) is 13.3. The molecule has 106 valence electrons. The number of benzene rings is 2. The van der Waals surface area contributed by atoms with Crippen LogP contribution in [0.5, 0.6) is 0 Å². The molecule has 2 rings (SSSR count). The molecule has 0 radical (unpaired) electrons. The van der Waals surface area contributed by atoms with Gasteiger partial charge >= 0.3 is 103 Å². The SMILES string of the molecule is C#Cc1c(C(=O)[O-])cc(C#Cc2ccccc2)cc1C(=O)[O-].[K+].[K+]. The van der Waals surface area contributed by atoms with E-state index in [-0.39, 0.29) is 114 Å². The first-order valence-electron chi connectivity index (χ1n) is 6.17. The zero-order chi connectivity index (χ0) is 16.1. The van der Waals surface area contributed by atoms with E-state index >= 15 is 0 Å². The third-order valence-corrected chi connectivity index (χ3v) is 2.85. The van der Waals surface area contributed by atoms with Crippen LogP contribution in [0.3, 0.4) is 0 Å². The van der Waals surface area contributed by atoms with Crippen molar-refractivity contribution in [1.29, 1.82) is 0 Å². The van der Waals surface area contributed by atoms with E-state index in [1.54, 1.807) is 24.3 Å². The molecule has 0 aliphatic heterocycles. The Kier molecular flexibility index (Phi) is 11.3. The minimum Gasteiger partial charge on any atom is -0.545 e. The van der Waals surface area contributed by atoms with Crippen LogP contribution in [-0.2, 0) is 0 Å². The van der Waals surface area contributed by atoms with E-state index in [0.29, 0.717) is 5.56 Å². The van der Waals surface area contributed by atoms with Crippen LogP contribution in [0.15, 0.2) is 42.5 Å². The fraction of sp³-hybridized carbons (Fsp3) is 0. The van der Waals surface area contributed by atoms with E-state index in [0.717, 1.165) is 0 Å². The number of hydrogen-bond donors (Lipinski definition) is 0. The Labute approximate surface area is 224 Å². The first-order valence-corrected chi connectivity index (χ1v) is 6.17. The summed E-state index contributed by atoms with van der Waals surface area (Å²) in [5.74, 6) is 4.40. The van der Waals surface area contributed by atoms with Gasteiger partial charge in [-0.25, -0.2) is 0 Å². The summed E-state index contributed by atoms with van der Waals surface area (Å²) < 4.78 is 0. The van der Waals surface area contributed by atoms with Gasteiger partial charge < -0.3 is 19.8 Å². The summed E-state index contributed by atoms with van der Waals surface area (Å²) in [6.45, 7) is 0. The van der Waals surface area contributed by atoms with Gasteiger partial charge in [0, 0.05) is 27.8 Å². The second kappa shape index (κ2) is 11.4. The number of carboxylic acid groups (broad SMARTS) is 2. The molecule has 0 amide bonds. The van der Waals surface area contributed by atoms with Gasteiger partial charge in [-0.15, -0.1) is 6.42 Å². The first kappa shape index (κ1) is 23.8. The molecule has 0 N–H and O–H groups in total. The summed E-state index contributed by atoms with van der Waals surface area (Å²) >= 11 is 0. The molecule has 0 saturated carbocycles. The van der Waals surface area contributed by atoms with E-state index in [4.69, 9.17) is 6.42 Å². The minimum atomic E-state index is -1.57. The number of aromatic carboxylic acids is 2. The van der Waals surface area contributed by atoms with Gasteiger partial charge in [-0.3, -0.25) is 0 Å². The molecule has 0 aliphatic rings. The Bertz CT molecular complexity index is 821.